The number of amides is 2. The van der Waals surface area contributed by atoms with Gasteiger partial charge in [0.1, 0.15) is 11.6 Å². The number of nitrogens with one attached hydrogen (secondary N) is 2. The molecule has 178 valence electrons. The predicted octanol–water partition coefficient (Wildman–Crippen LogP) is 5.48. The van der Waals surface area contributed by atoms with E-state index in [0.29, 0.717) is 32.0 Å². The predicted molar refractivity (Wildman–Crippen MR) is 144 cm³/mol. The van der Waals surface area contributed by atoms with Gasteiger partial charge in [0.15, 0.2) is 18.1 Å². The number of ether oxygens (including phenoxy) is 2. The third kappa shape index (κ3) is 7.32. The van der Waals surface area contributed by atoms with Gasteiger partial charge >= 0.3 is 0 Å². The number of nitriles is 1. The Morgan fingerprint density at radius 3 is 2.20 bits per heavy atom. The molecule has 3 rings (SSSR count). The average Bonchev–Trinajstić information content (AvgIpc) is 2.81. The van der Waals surface area contributed by atoms with Gasteiger partial charge in [0.2, 0.25) is 0 Å². The summed E-state index contributed by atoms with van der Waals surface area (Å²) in [5.41, 5.74) is 3.85. The van der Waals surface area contributed by atoms with Crippen molar-refractivity contribution in [2.45, 2.75) is 13.8 Å². The first-order valence-electron chi connectivity index (χ1n) is 10.7. The number of nitrogens with zero attached hydrogens (tertiary/aromatic N) is 1. The number of carbonyl (C=O) groups is 2. The molecule has 0 saturated heterocycles. The largest absolute Gasteiger partial charge is 0.493 e. The van der Waals surface area contributed by atoms with E-state index >= 15 is 0 Å². The van der Waals surface area contributed by atoms with Crippen LogP contribution in [0.3, 0.4) is 0 Å². The summed E-state index contributed by atoms with van der Waals surface area (Å²) < 4.78 is 11.8. The molecule has 3 aromatic carbocycles. The first-order valence-corrected chi connectivity index (χ1v) is 11.7. The molecular formula is C27H24IN3O4. The highest BCUT2D eigenvalue weighted by Crippen LogP contribution is 2.34. The first kappa shape index (κ1) is 25.8. The average molecular weight is 581 g/mol. The fraction of sp³-hybridized carbons (Fsp3) is 0.148. The maximum atomic E-state index is 12.6. The molecule has 0 atom stereocenters. The summed E-state index contributed by atoms with van der Waals surface area (Å²) in [6.07, 6.45) is 1.48. The molecule has 0 aliphatic carbocycles. The Kier molecular flexibility index (Phi) is 8.86. The summed E-state index contributed by atoms with van der Waals surface area (Å²) in [6, 6.07) is 20.1. The van der Waals surface area contributed by atoms with Crippen molar-refractivity contribution in [1.82, 2.24) is 0 Å². The standard InChI is InChI=1S/C27H24IN3O4/c1-17-6-4-8-21(10-17)30-25(32)16-35-26-23(28)13-19(14-24(26)34-3)12-20(15-29)27(33)31-22-9-5-7-18(2)11-22/h4-14H,16H2,1-3H3,(H,30,32)(H,31,33)/b20-12+. The van der Waals surface area contributed by atoms with E-state index in [1.54, 1.807) is 24.3 Å². The highest BCUT2D eigenvalue weighted by molar-refractivity contribution is 14.1. The van der Waals surface area contributed by atoms with Crippen molar-refractivity contribution in [3.05, 3.63) is 86.5 Å². The lowest BCUT2D eigenvalue weighted by Gasteiger charge is -2.14. The SMILES string of the molecule is COc1cc(/C=C(\C#N)C(=O)Nc2cccc(C)c2)cc(I)c1OCC(=O)Nc1cccc(C)c1. The van der Waals surface area contributed by atoms with Gasteiger partial charge in [-0.25, -0.2) is 0 Å². The first-order chi connectivity index (χ1) is 16.8. The van der Waals surface area contributed by atoms with E-state index < -0.39 is 5.91 Å². The minimum absolute atomic E-state index is 0.0597. The summed E-state index contributed by atoms with van der Waals surface area (Å²) in [5, 5.41) is 15.1. The van der Waals surface area contributed by atoms with Crippen LogP contribution in [0.25, 0.3) is 6.08 Å². The number of methoxy groups -OCH3 is 1. The number of aryl methyl sites for hydroxylation is 2. The molecule has 2 amide bonds. The number of anilines is 2. The fourth-order valence-electron chi connectivity index (χ4n) is 3.26. The normalized spacial score (nSPS) is 10.8. The van der Waals surface area contributed by atoms with Crippen molar-refractivity contribution in [3.63, 3.8) is 0 Å². The molecule has 7 nitrogen and oxygen atoms in total. The molecule has 0 heterocycles. The van der Waals surface area contributed by atoms with Gasteiger partial charge in [0.05, 0.1) is 10.7 Å². The number of hydrogen-bond acceptors (Lipinski definition) is 5. The van der Waals surface area contributed by atoms with Crippen LogP contribution < -0.4 is 20.1 Å². The summed E-state index contributed by atoms with van der Waals surface area (Å²) in [6.45, 7) is 3.65. The molecule has 2 N–H and O–H groups in total. The van der Waals surface area contributed by atoms with Gasteiger partial charge in [-0.2, -0.15) is 5.26 Å². The van der Waals surface area contributed by atoms with Crippen molar-refractivity contribution >= 4 is 51.9 Å². The molecule has 3 aromatic rings. The van der Waals surface area contributed by atoms with Crippen LogP contribution in [0.1, 0.15) is 16.7 Å². The molecule has 0 spiro atoms. The quantitative estimate of drug-likeness (QED) is 0.209. The maximum absolute atomic E-state index is 12.6. The lowest BCUT2D eigenvalue weighted by Crippen LogP contribution is -2.20. The van der Waals surface area contributed by atoms with E-state index in [0.717, 1.165) is 11.1 Å². The van der Waals surface area contributed by atoms with E-state index in [2.05, 4.69) is 33.2 Å². The van der Waals surface area contributed by atoms with Crippen molar-refractivity contribution in [2.24, 2.45) is 0 Å². The molecule has 0 aromatic heterocycles. The summed E-state index contributed by atoms with van der Waals surface area (Å²) >= 11 is 2.06. The lowest BCUT2D eigenvalue weighted by atomic mass is 10.1. The molecule has 0 radical (unpaired) electrons. The summed E-state index contributed by atoms with van der Waals surface area (Å²) in [5.74, 6) is -0.0486. The Morgan fingerprint density at radius 1 is 1.00 bits per heavy atom. The Hall–Kier alpha value is -3.84. The van der Waals surface area contributed by atoms with Gasteiger partial charge in [-0.1, -0.05) is 24.3 Å². The summed E-state index contributed by atoms with van der Waals surface area (Å²) in [7, 11) is 1.48. The maximum Gasteiger partial charge on any atom is 0.266 e. The molecule has 35 heavy (non-hydrogen) atoms. The smallest absolute Gasteiger partial charge is 0.266 e. The molecule has 0 aliphatic rings. The zero-order valence-corrected chi connectivity index (χ0v) is 21.7. The highest BCUT2D eigenvalue weighted by Gasteiger charge is 2.15. The molecule has 0 bridgehead atoms. The van der Waals surface area contributed by atoms with E-state index in [1.807, 2.05) is 56.3 Å². The van der Waals surface area contributed by atoms with Crippen molar-refractivity contribution in [3.8, 4) is 17.6 Å². The Balaban J connectivity index is 1.74. The lowest BCUT2D eigenvalue weighted by molar-refractivity contribution is -0.118. The van der Waals surface area contributed by atoms with Gasteiger partial charge in [0.25, 0.3) is 11.8 Å². The van der Waals surface area contributed by atoms with Crippen LogP contribution in [0, 0.1) is 28.7 Å². The minimum Gasteiger partial charge on any atom is -0.493 e. The van der Waals surface area contributed by atoms with Gasteiger partial charge in [-0.15, -0.1) is 0 Å². The van der Waals surface area contributed by atoms with Crippen LogP contribution in [-0.2, 0) is 9.59 Å². The second kappa shape index (κ2) is 12.0. The van der Waals surface area contributed by atoms with E-state index in [-0.39, 0.29) is 18.1 Å². The zero-order valence-electron chi connectivity index (χ0n) is 19.5. The van der Waals surface area contributed by atoms with Gasteiger partial charge in [-0.05, 0) is 95.6 Å². The highest BCUT2D eigenvalue weighted by atomic mass is 127. The molecule has 0 aliphatic heterocycles. The van der Waals surface area contributed by atoms with E-state index in [4.69, 9.17) is 9.47 Å². The summed E-state index contributed by atoms with van der Waals surface area (Å²) in [4.78, 5) is 24.9. The Morgan fingerprint density at radius 2 is 1.63 bits per heavy atom. The van der Waals surface area contributed by atoms with E-state index in [1.165, 1.54) is 13.2 Å². The Bertz CT molecular complexity index is 1330. The van der Waals surface area contributed by atoms with Gasteiger partial charge in [-0.3, -0.25) is 9.59 Å². The van der Waals surface area contributed by atoms with Crippen LogP contribution in [0.15, 0.2) is 66.2 Å². The van der Waals surface area contributed by atoms with Crippen LogP contribution in [-0.4, -0.2) is 25.5 Å². The number of benzene rings is 3. The van der Waals surface area contributed by atoms with Crippen molar-refractivity contribution in [1.29, 1.82) is 5.26 Å². The number of carbonyl (C=O) groups excluding carboxylic acids is 2. The molecule has 0 saturated carbocycles. The van der Waals surface area contributed by atoms with Crippen LogP contribution in [0.2, 0.25) is 0 Å². The third-order valence-corrected chi connectivity index (χ3v) is 5.65. The monoisotopic (exact) mass is 581 g/mol. The number of hydrogen-bond donors (Lipinski definition) is 2. The minimum atomic E-state index is -0.514. The third-order valence-electron chi connectivity index (χ3n) is 4.85. The Labute approximate surface area is 217 Å². The molecule has 8 heteroatoms. The topological polar surface area (TPSA) is 100 Å². The van der Waals surface area contributed by atoms with Crippen LogP contribution in [0.5, 0.6) is 11.5 Å². The zero-order chi connectivity index (χ0) is 25.4. The fourth-order valence-corrected chi connectivity index (χ4v) is 4.04. The van der Waals surface area contributed by atoms with Gasteiger partial charge < -0.3 is 20.1 Å². The number of rotatable bonds is 8. The molecule has 0 fully saturated rings. The van der Waals surface area contributed by atoms with Crippen LogP contribution in [0.4, 0.5) is 11.4 Å². The van der Waals surface area contributed by atoms with Gasteiger partial charge in [0, 0.05) is 11.4 Å². The van der Waals surface area contributed by atoms with Crippen molar-refractivity contribution < 1.29 is 19.1 Å². The molecular weight excluding hydrogens is 557 g/mol. The van der Waals surface area contributed by atoms with E-state index in [9.17, 15) is 14.9 Å². The second-order valence-electron chi connectivity index (χ2n) is 7.73. The number of halogens is 1. The van der Waals surface area contributed by atoms with Crippen molar-refractivity contribution in [2.75, 3.05) is 24.4 Å². The molecule has 0 unspecified atom stereocenters. The van der Waals surface area contributed by atoms with Crippen LogP contribution >= 0.6 is 22.6 Å². The second-order valence-corrected chi connectivity index (χ2v) is 8.90.